The van der Waals surface area contributed by atoms with E-state index in [9.17, 15) is 0 Å². The first-order chi connectivity index (χ1) is 10.6. The third-order valence-electron chi connectivity index (χ3n) is 3.87. The Morgan fingerprint density at radius 2 is 1.35 bits per heavy atom. The summed E-state index contributed by atoms with van der Waals surface area (Å²) in [5.74, 6) is 0. The van der Waals surface area contributed by atoms with Crippen molar-refractivity contribution in [2.24, 2.45) is 0 Å². The van der Waals surface area contributed by atoms with Crippen LogP contribution in [0.4, 0.5) is 22.7 Å². The fourth-order valence-corrected chi connectivity index (χ4v) is 2.69. The largest absolute Gasteiger partial charge is 0.522 e. The smallest absolute Gasteiger partial charge is 0.235 e. The normalized spacial score (nSPS) is 18.6. The molecule has 2 fully saturated rings. The summed E-state index contributed by atoms with van der Waals surface area (Å²) >= 11 is 0. The van der Waals surface area contributed by atoms with Crippen molar-refractivity contribution in [3.05, 3.63) is 48.3 Å². The van der Waals surface area contributed by atoms with Gasteiger partial charge < -0.3 is 19.6 Å². The molecule has 0 amide bonds. The van der Waals surface area contributed by atoms with Crippen molar-refractivity contribution in [2.75, 3.05) is 50.1 Å². The van der Waals surface area contributed by atoms with E-state index in [0.717, 1.165) is 37.6 Å². The Hall–Kier alpha value is -1.64. The molecule has 2 heterocycles. The second kappa shape index (κ2) is 7.28. The summed E-state index contributed by atoms with van der Waals surface area (Å²) < 4.78 is 0. The third kappa shape index (κ3) is 3.49. The molecule has 6 nitrogen and oxygen atoms in total. The molecule has 122 valence electrons. The van der Waals surface area contributed by atoms with E-state index >= 15 is 0 Å². The first-order valence-electron chi connectivity index (χ1n) is 7.11. The molecule has 0 unspecified atom stereocenters. The van der Waals surface area contributed by atoms with Crippen LogP contribution in [0, 0.1) is 32.5 Å². The summed E-state index contributed by atoms with van der Waals surface area (Å²) in [6, 6.07) is 5.00. The predicted molar refractivity (Wildman–Crippen MR) is 86.4 cm³/mol. The Balaban J connectivity index is 0.00000192. The molecule has 2 saturated heterocycles. The topological polar surface area (TPSA) is 21.7 Å². The Morgan fingerprint density at radius 1 is 0.913 bits per heavy atom. The van der Waals surface area contributed by atoms with Gasteiger partial charge in [0.15, 0.2) is 0 Å². The average molecular weight is 484 g/mol. The van der Waals surface area contributed by atoms with E-state index in [1.807, 2.05) is 37.2 Å². The Labute approximate surface area is 150 Å². The van der Waals surface area contributed by atoms with Crippen LogP contribution in [0.3, 0.4) is 0 Å². The molecule has 0 N–H and O–H groups in total. The van der Waals surface area contributed by atoms with Crippen molar-refractivity contribution >= 4 is 22.7 Å². The van der Waals surface area contributed by atoms with Crippen LogP contribution >= 0.6 is 0 Å². The van der Waals surface area contributed by atoms with E-state index in [0.29, 0.717) is 11.4 Å². The van der Waals surface area contributed by atoms with E-state index in [1.165, 1.54) is 0 Å². The van der Waals surface area contributed by atoms with Crippen LogP contribution in [0.15, 0.2) is 6.07 Å². The van der Waals surface area contributed by atoms with Gasteiger partial charge in [0, 0.05) is 25.9 Å². The number of hydrogen-bond donors (Lipinski definition) is 0. The monoisotopic (exact) mass is 485 g/mol. The van der Waals surface area contributed by atoms with Gasteiger partial charge in [-0.1, -0.05) is 0 Å². The van der Waals surface area contributed by atoms with E-state index in [2.05, 4.69) is 25.6 Å². The molecule has 23 heavy (non-hydrogen) atoms. The first-order valence-corrected chi connectivity index (χ1v) is 7.11. The Kier molecular flexibility index (Phi) is 5.61. The Morgan fingerprint density at radius 3 is 1.65 bits per heavy atom. The molecular formula is C16H17N6Os-3. The molecule has 2 aliphatic heterocycles. The van der Waals surface area contributed by atoms with Gasteiger partial charge in [-0.3, -0.25) is 0 Å². The zero-order chi connectivity index (χ0) is 15.7. The van der Waals surface area contributed by atoms with Gasteiger partial charge in [-0.05, 0) is 51.6 Å². The number of nitrogens with zero attached hydrogens (tertiary/aromatic N) is 6. The van der Waals surface area contributed by atoms with Gasteiger partial charge >= 0.3 is 0 Å². The minimum Gasteiger partial charge on any atom is -0.522 e. The van der Waals surface area contributed by atoms with Crippen molar-refractivity contribution in [1.29, 1.82) is 0 Å². The van der Waals surface area contributed by atoms with E-state index < -0.39 is 0 Å². The zero-order valence-electron chi connectivity index (χ0n) is 13.1. The van der Waals surface area contributed by atoms with Crippen LogP contribution in [-0.2, 0) is 19.8 Å². The molecule has 0 aliphatic carbocycles. The number of rotatable bonds is 2. The van der Waals surface area contributed by atoms with Gasteiger partial charge in [0.1, 0.15) is 13.1 Å². The molecular weight excluding hydrogens is 466 g/mol. The van der Waals surface area contributed by atoms with Gasteiger partial charge in [-0.2, -0.15) is 13.3 Å². The van der Waals surface area contributed by atoms with Crippen LogP contribution in [0.5, 0.6) is 0 Å². The fraction of sp³-hybridized carbons (Fsp3) is 0.375. The SMILES string of the molecule is [C-]#[N+]c1cc([N+]#[C-])c(N2[CH-]N(C)CC2)[c-]c1N1[CH-]N(C)CC1.[Os]. The van der Waals surface area contributed by atoms with Gasteiger partial charge in [0.2, 0.25) is 11.4 Å². The molecule has 1 aromatic carbocycles. The standard InChI is InChI=1S/C16H17N6.Os/c1-17-13-9-14(18-2)16(22-8-6-20(4)12-22)10-15(13)21-7-5-19(3)11-21;/h9,11-12H,5-8H2,3-4H3;/q-3;. The molecule has 0 radical (unpaired) electrons. The summed E-state index contributed by atoms with van der Waals surface area (Å²) in [6.07, 6.45) is 0. The fourth-order valence-electron chi connectivity index (χ4n) is 2.69. The summed E-state index contributed by atoms with van der Waals surface area (Å²) in [5, 5.41) is 0. The molecule has 7 heteroatoms. The van der Waals surface area contributed by atoms with Crippen molar-refractivity contribution < 1.29 is 19.8 Å². The van der Waals surface area contributed by atoms with Crippen LogP contribution in [0.1, 0.15) is 0 Å². The molecule has 3 rings (SSSR count). The minimum absolute atomic E-state index is 0. The van der Waals surface area contributed by atoms with Crippen molar-refractivity contribution in [2.45, 2.75) is 0 Å². The summed E-state index contributed by atoms with van der Waals surface area (Å²) in [4.78, 5) is 15.4. The molecule has 0 bridgehead atoms. The quantitative estimate of drug-likeness (QED) is 0.602. The molecule has 1 aromatic rings. The van der Waals surface area contributed by atoms with Crippen LogP contribution in [-0.4, -0.2) is 50.1 Å². The van der Waals surface area contributed by atoms with Gasteiger partial charge in [-0.25, -0.2) is 9.69 Å². The van der Waals surface area contributed by atoms with Gasteiger partial charge in [0.25, 0.3) is 0 Å². The number of likely N-dealkylation sites (N-methyl/N-ethyl adjacent to an activating group) is 2. The second-order valence-electron chi connectivity index (χ2n) is 5.54. The molecule has 0 atom stereocenters. The predicted octanol–water partition coefficient (Wildman–Crippen LogP) is 2.33. The van der Waals surface area contributed by atoms with Crippen LogP contribution in [0.2, 0.25) is 0 Å². The maximum atomic E-state index is 7.40. The maximum Gasteiger partial charge on any atom is 0.235 e. The van der Waals surface area contributed by atoms with E-state index in [1.54, 1.807) is 6.07 Å². The number of hydrogen-bond acceptors (Lipinski definition) is 4. The summed E-state index contributed by atoms with van der Waals surface area (Å²) in [7, 11) is 4.02. The summed E-state index contributed by atoms with van der Waals surface area (Å²) in [5.41, 5.74) is 2.47. The average Bonchev–Trinajstić information content (AvgIpc) is 3.14. The van der Waals surface area contributed by atoms with Crippen LogP contribution < -0.4 is 9.80 Å². The number of anilines is 2. The van der Waals surface area contributed by atoms with Crippen molar-refractivity contribution in [3.8, 4) is 0 Å². The van der Waals surface area contributed by atoms with Gasteiger partial charge in [-0.15, -0.1) is 6.07 Å². The van der Waals surface area contributed by atoms with Crippen molar-refractivity contribution in [3.63, 3.8) is 0 Å². The molecule has 0 spiro atoms. The maximum absolute atomic E-state index is 7.40. The third-order valence-corrected chi connectivity index (χ3v) is 3.87. The molecule has 0 aromatic heterocycles. The van der Waals surface area contributed by atoms with Gasteiger partial charge in [0.05, 0.1) is 0 Å². The van der Waals surface area contributed by atoms with Crippen molar-refractivity contribution in [1.82, 2.24) is 9.80 Å². The molecule has 0 saturated carbocycles. The summed E-state index contributed by atoms with van der Waals surface area (Å²) in [6.45, 7) is 22.3. The van der Waals surface area contributed by atoms with E-state index in [-0.39, 0.29) is 19.8 Å². The van der Waals surface area contributed by atoms with Crippen LogP contribution in [0.25, 0.3) is 9.69 Å². The zero-order valence-corrected chi connectivity index (χ0v) is 15.6. The second-order valence-corrected chi connectivity index (χ2v) is 5.54. The first kappa shape index (κ1) is 17.7. The minimum atomic E-state index is 0. The molecule has 2 aliphatic rings. The van der Waals surface area contributed by atoms with E-state index in [4.69, 9.17) is 13.1 Å². The Bertz CT molecular complexity index is 609. The number of benzene rings is 1.